The van der Waals surface area contributed by atoms with E-state index in [0.717, 1.165) is 5.92 Å². The Morgan fingerprint density at radius 3 is 2.22 bits per heavy atom. The SMILES string of the molecule is C1CCCC(CNCCCN2CCCC2)CCC1. The zero-order chi connectivity index (χ0) is 12.5. The third kappa shape index (κ3) is 5.71. The summed E-state index contributed by atoms with van der Waals surface area (Å²) in [4.78, 5) is 2.62. The maximum Gasteiger partial charge on any atom is -0.000664 e. The van der Waals surface area contributed by atoms with Crippen molar-refractivity contribution in [3.05, 3.63) is 0 Å². The van der Waals surface area contributed by atoms with Crippen LogP contribution in [0.2, 0.25) is 0 Å². The molecule has 0 spiro atoms. The molecule has 1 saturated carbocycles. The van der Waals surface area contributed by atoms with Crippen molar-refractivity contribution in [3.8, 4) is 0 Å². The summed E-state index contributed by atoms with van der Waals surface area (Å²) in [5.74, 6) is 0.970. The van der Waals surface area contributed by atoms with Gasteiger partial charge in [0.2, 0.25) is 0 Å². The van der Waals surface area contributed by atoms with Gasteiger partial charge in [0.15, 0.2) is 0 Å². The summed E-state index contributed by atoms with van der Waals surface area (Å²) in [6.07, 6.45) is 14.5. The molecule has 18 heavy (non-hydrogen) atoms. The first-order valence-corrected chi connectivity index (χ1v) is 8.38. The number of likely N-dealkylation sites (tertiary alicyclic amines) is 1. The van der Waals surface area contributed by atoms with Crippen LogP contribution in [0.4, 0.5) is 0 Å². The van der Waals surface area contributed by atoms with Crippen LogP contribution in [0.15, 0.2) is 0 Å². The van der Waals surface area contributed by atoms with Crippen molar-refractivity contribution in [2.45, 2.75) is 64.2 Å². The first-order valence-electron chi connectivity index (χ1n) is 8.38. The molecule has 2 rings (SSSR count). The Kier molecular flexibility index (Phi) is 7.11. The van der Waals surface area contributed by atoms with Crippen molar-refractivity contribution in [1.82, 2.24) is 10.2 Å². The van der Waals surface area contributed by atoms with Gasteiger partial charge in [0.1, 0.15) is 0 Å². The lowest BCUT2D eigenvalue weighted by Crippen LogP contribution is -2.28. The number of nitrogens with one attached hydrogen (secondary N) is 1. The van der Waals surface area contributed by atoms with E-state index in [0.29, 0.717) is 0 Å². The van der Waals surface area contributed by atoms with E-state index in [4.69, 9.17) is 0 Å². The third-order valence-corrected chi connectivity index (χ3v) is 4.68. The van der Waals surface area contributed by atoms with Crippen LogP contribution in [-0.2, 0) is 0 Å². The van der Waals surface area contributed by atoms with Crippen LogP contribution in [0, 0.1) is 5.92 Å². The minimum atomic E-state index is 0.970. The van der Waals surface area contributed by atoms with E-state index in [2.05, 4.69) is 10.2 Å². The standard InChI is InChI=1S/C16H32N2/c1-2-4-9-16(10-5-3-1)15-17-11-8-14-18-12-6-7-13-18/h16-17H,1-15H2. The molecule has 106 valence electrons. The van der Waals surface area contributed by atoms with Crippen LogP contribution in [0.1, 0.15) is 64.2 Å². The highest BCUT2D eigenvalue weighted by molar-refractivity contribution is 4.68. The molecular weight excluding hydrogens is 220 g/mol. The predicted molar refractivity (Wildman–Crippen MR) is 79.0 cm³/mol. The summed E-state index contributed by atoms with van der Waals surface area (Å²) in [6, 6.07) is 0. The van der Waals surface area contributed by atoms with Crippen molar-refractivity contribution in [2.24, 2.45) is 5.92 Å². The Balaban J connectivity index is 1.46. The summed E-state index contributed by atoms with van der Waals surface area (Å²) in [5.41, 5.74) is 0. The molecule has 1 aliphatic carbocycles. The smallest absolute Gasteiger partial charge is 0.000664 e. The summed E-state index contributed by atoms with van der Waals surface area (Å²) >= 11 is 0. The van der Waals surface area contributed by atoms with Crippen molar-refractivity contribution in [2.75, 3.05) is 32.7 Å². The Morgan fingerprint density at radius 2 is 1.50 bits per heavy atom. The maximum absolute atomic E-state index is 3.70. The Morgan fingerprint density at radius 1 is 0.833 bits per heavy atom. The molecule has 1 N–H and O–H groups in total. The van der Waals surface area contributed by atoms with Gasteiger partial charge in [0.05, 0.1) is 0 Å². The van der Waals surface area contributed by atoms with Gasteiger partial charge in [-0.1, -0.05) is 32.1 Å². The first-order chi connectivity index (χ1) is 8.95. The molecule has 0 atom stereocenters. The molecule has 2 aliphatic rings. The van der Waals surface area contributed by atoms with Gasteiger partial charge in [0, 0.05) is 0 Å². The zero-order valence-corrected chi connectivity index (χ0v) is 12.1. The van der Waals surface area contributed by atoms with Gasteiger partial charge < -0.3 is 10.2 Å². The molecule has 2 heteroatoms. The van der Waals surface area contributed by atoms with E-state index >= 15 is 0 Å². The summed E-state index contributed by atoms with van der Waals surface area (Å²) in [7, 11) is 0. The number of hydrogen-bond donors (Lipinski definition) is 1. The topological polar surface area (TPSA) is 15.3 Å². The number of hydrogen-bond acceptors (Lipinski definition) is 2. The Labute approximate surface area is 114 Å². The van der Waals surface area contributed by atoms with Gasteiger partial charge >= 0.3 is 0 Å². The second-order valence-corrected chi connectivity index (χ2v) is 6.32. The zero-order valence-electron chi connectivity index (χ0n) is 12.1. The quantitative estimate of drug-likeness (QED) is 0.729. The molecule has 0 aromatic heterocycles. The largest absolute Gasteiger partial charge is 0.316 e. The van der Waals surface area contributed by atoms with Crippen LogP contribution in [-0.4, -0.2) is 37.6 Å². The molecule has 1 heterocycles. The fourth-order valence-corrected chi connectivity index (χ4v) is 3.48. The lowest BCUT2D eigenvalue weighted by Gasteiger charge is -2.20. The first kappa shape index (κ1) is 14.3. The van der Waals surface area contributed by atoms with Gasteiger partial charge in [-0.2, -0.15) is 0 Å². The van der Waals surface area contributed by atoms with Gasteiger partial charge in [-0.05, 0) is 70.7 Å². The molecule has 2 fully saturated rings. The number of nitrogens with zero attached hydrogens (tertiary/aromatic N) is 1. The van der Waals surface area contributed by atoms with Gasteiger partial charge in [-0.3, -0.25) is 0 Å². The van der Waals surface area contributed by atoms with E-state index in [1.807, 2.05) is 0 Å². The van der Waals surface area contributed by atoms with Gasteiger partial charge in [-0.25, -0.2) is 0 Å². The molecule has 0 aromatic carbocycles. The van der Waals surface area contributed by atoms with E-state index < -0.39 is 0 Å². The molecule has 0 bridgehead atoms. The third-order valence-electron chi connectivity index (χ3n) is 4.68. The molecule has 1 aliphatic heterocycles. The highest BCUT2D eigenvalue weighted by atomic mass is 15.1. The van der Waals surface area contributed by atoms with Crippen LogP contribution in [0.3, 0.4) is 0 Å². The van der Waals surface area contributed by atoms with Crippen LogP contribution >= 0.6 is 0 Å². The molecule has 0 amide bonds. The lowest BCUT2D eigenvalue weighted by molar-refractivity contribution is 0.322. The second kappa shape index (κ2) is 8.92. The van der Waals surface area contributed by atoms with Crippen molar-refractivity contribution >= 4 is 0 Å². The molecule has 0 aromatic rings. The van der Waals surface area contributed by atoms with E-state index in [9.17, 15) is 0 Å². The fraction of sp³-hybridized carbons (Fsp3) is 1.00. The Bertz CT molecular complexity index is 191. The minimum absolute atomic E-state index is 0.970. The number of rotatable bonds is 6. The average molecular weight is 252 g/mol. The predicted octanol–water partition coefficient (Wildman–Crippen LogP) is 3.42. The van der Waals surface area contributed by atoms with Crippen LogP contribution in [0.5, 0.6) is 0 Å². The highest BCUT2D eigenvalue weighted by Gasteiger charge is 2.12. The summed E-state index contributed by atoms with van der Waals surface area (Å²) in [6.45, 7) is 6.52. The van der Waals surface area contributed by atoms with E-state index in [1.165, 1.54) is 96.9 Å². The van der Waals surface area contributed by atoms with Crippen molar-refractivity contribution in [3.63, 3.8) is 0 Å². The average Bonchev–Trinajstić information content (AvgIpc) is 2.84. The molecule has 1 saturated heterocycles. The monoisotopic (exact) mass is 252 g/mol. The van der Waals surface area contributed by atoms with Crippen LogP contribution < -0.4 is 5.32 Å². The van der Waals surface area contributed by atoms with E-state index in [-0.39, 0.29) is 0 Å². The fourth-order valence-electron chi connectivity index (χ4n) is 3.48. The molecule has 0 radical (unpaired) electrons. The molecular formula is C16H32N2. The maximum atomic E-state index is 3.70. The van der Waals surface area contributed by atoms with Gasteiger partial charge in [-0.15, -0.1) is 0 Å². The van der Waals surface area contributed by atoms with Crippen LogP contribution in [0.25, 0.3) is 0 Å². The summed E-state index contributed by atoms with van der Waals surface area (Å²) in [5, 5.41) is 3.70. The van der Waals surface area contributed by atoms with Gasteiger partial charge in [0.25, 0.3) is 0 Å². The Hall–Kier alpha value is -0.0800. The normalized spacial score (nSPS) is 24.0. The van der Waals surface area contributed by atoms with Crippen molar-refractivity contribution in [1.29, 1.82) is 0 Å². The van der Waals surface area contributed by atoms with E-state index in [1.54, 1.807) is 0 Å². The second-order valence-electron chi connectivity index (χ2n) is 6.32. The highest BCUT2D eigenvalue weighted by Crippen LogP contribution is 2.21. The molecule has 0 unspecified atom stereocenters. The molecule has 2 nitrogen and oxygen atoms in total. The lowest BCUT2D eigenvalue weighted by atomic mass is 9.91. The van der Waals surface area contributed by atoms with Crippen molar-refractivity contribution < 1.29 is 0 Å². The minimum Gasteiger partial charge on any atom is -0.316 e. The summed E-state index contributed by atoms with van der Waals surface area (Å²) < 4.78 is 0.